The number of carbonyl (C=O) groups is 2. The second kappa shape index (κ2) is 7.17. The topological polar surface area (TPSA) is 114 Å². The lowest BCUT2D eigenvalue weighted by molar-refractivity contribution is -0.139. The van der Waals surface area contributed by atoms with Gasteiger partial charge in [0.05, 0.1) is 11.4 Å². The van der Waals surface area contributed by atoms with Crippen LogP contribution in [0.4, 0.5) is 20.6 Å². The van der Waals surface area contributed by atoms with Crippen molar-refractivity contribution in [3.8, 4) is 0 Å². The number of nitrogens with two attached hydrogens (primary N) is 1. The van der Waals surface area contributed by atoms with Gasteiger partial charge in [0.2, 0.25) is 0 Å². The molecule has 0 spiro atoms. The van der Waals surface area contributed by atoms with E-state index < -0.39 is 29.5 Å². The van der Waals surface area contributed by atoms with Gasteiger partial charge in [0.25, 0.3) is 0 Å². The number of hydrogen-bond donors (Lipinski definition) is 4. The zero-order valence-corrected chi connectivity index (χ0v) is 13.6. The third-order valence-electron chi connectivity index (χ3n) is 2.76. The summed E-state index contributed by atoms with van der Waals surface area (Å²) in [6.45, 7) is 6.49. The summed E-state index contributed by atoms with van der Waals surface area (Å²) < 4.78 is 18.6. The summed E-state index contributed by atoms with van der Waals surface area (Å²) in [4.78, 5) is 22.9. The molecule has 23 heavy (non-hydrogen) atoms. The van der Waals surface area contributed by atoms with Gasteiger partial charge in [-0.05, 0) is 45.4 Å². The first-order valence-electron chi connectivity index (χ1n) is 7.01. The average Bonchev–Trinajstić information content (AvgIpc) is 2.37. The Kier molecular flexibility index (Phi) is 5.78. The third kappa shape index (κ3) is 6.01. The molecule has 0 fully saturated rings. The average molecular weight is 327 g/mol. The molecule has 8 heteroatoms. The zero-order valence-electron chi connectivity index (χ0n) is 13.6. The first-order chi connectivity index (χ1) is 10.5. The molecule has 1 atom stereocenters. The molecule has 1 unspecified atom stereocenters. The molecule has 0 saturated heterocycles. The normalized spacial score (nSPS) is 12.4. The lowest BCUT2D eigenvalue weighted by Gasteiger charge is -2.22. The fraction of sp³-hybridized carbons (Fsp3) is 0.467. The lowest BCUT2D eigenvalue weighted by Crippen LogP contribution is -2.47. The van der Waals surface area contributed by atoms with E-state index in [1.165, 1.54) is 6.07 Å². The quantitative estimate of drug-likeness (QED) is 0.616. The number of hydrogen-bond acceptors (Lipinski definition) is 5. The van der Waals surface area contributed by atoms with Crippen molar-refractivity contribution < 1.29 is 23.8 Å². The number of benzene rings is 1. The zero-order chi connectivity index (χ0) is 17.8. The summed E-state index contributed by atoms with van der Waals surface area (Å²) in [5.74, 6) is -1.85. The highest BCUT2D eigenvalue weighted by Gasteiger charge is 2.24. The predicted molar refractivity (Wildman–Crippen MR) is 84.8 cm³/mol. The second-order valence-electron chi connectivity index (χ2n) is 6.13. The molecule has 1 aromatic carbocycles. The van der Waals surface area contributed by atoms with E-state index >= 15 is 0 Å². The highest BCUT2D eigenvalue weighted by Crippen LogP contribution is 2.23. The molecule has 0 aliphatic carbocycles. The third-order valence-corrected chi connectivity index (χ3v) is 2.76. The fourth-order valence-electron chi connectivity index (χ4n) is 1.76. The van der Waals surface area contributed by atoms with E-state index in [4.69, 9.17) is 15.6 Å². The number of aryl methyl sites for hydroxylation is 1. The van der Waals surface area contributed by atoms with Crippen molar-refractivity contribution in [2.75, 3.05) is 17.6 Å². The van der Waals surface area contributed by atoms with Crippen LogP contribution in [0.1, 0.15) is 26.3 Å². The Labute approximate surface area is 134 Å². The van der Waals surface area contributed by atoms with E-state index in [-0.39, 0.29) is 17.9 Å². The molecular weight excluding hydrogens is 305 g/mol. The summed E-state index contributed by atoms with van der Waals surface area (Å²) in [5, 5.41) is 14.1. The number of anilines is 2. The first-order valence-corrected chi connectivity index (χ1v) is 7.01. The molecule has 1 aromatic rings. The molecule has 5 N–H and O–H groups in total. The Morgan fingerprint density at radius 1 is 1.39 bits per heavy atom. The maximum Gasteiger partial charge on any atom is 0.408 e. The Bertz CT molecular complexity index is 599. The van der Waals surface area contributed by atoms with Gasteiger partial charge in [-0.15, -0.1) is 0 Å². The monoisotopic (exact) mass is 327 g/mol. The van der Waals surface area contributed by atoms with Crippen LogP contribution in [0, 0.1) is 12.7 Å². The van der Waals surface area contributed by atoms with Crippen LogP contribution < -0.4 is 16.4 Å². The van der Waals surface area contributed by atoms with Crippen LogP contribution in [0.25, 0.3) is 0 Å². The number of carbonyl (C=O) groups excluding carboxylic acids is 1. The number of amides is 1. The molecule has 1 rings (SSSR count). The van der Waals surface area contributed by atoms with Crippen LogP contribution in [0.15, 0.2) is 12.1 Å². The van der Waals surface area contributed by atoms with Crippen LogP contribution in [0.3, 0.4) is 0 Å². The van der Waals surface area contributed by atoms with Gasteiger partial charge in [-0.1, -0.05) is 0 Å². The minimum absolute atomic E-state index is 0.114. The standard InChI is InChI=1S/C15H22FN3O4/c1-8-5-9(16)12(17)10(6-8)18-7-11(13(20)21)19-14(22)23-15(2,3)4/h5-6,11,18H,7,17H2,1-4H3,(H,19,22)(H,20,21). The van der Waals surface area contributed by atoms with Crippen molar-refractivity contribution in [2.24, 2.45) is 0 Å². The van der Waals surface area contributed by atoms with E-state index in [9.17, 15) is 14.0 Å². The molecule has 0 aromatic heterocycles. The number of carboxylic acids is 1. The minimum Gasteiger partial charge on any atom is -0.480 e. The maximum atomic E-state index is 13.5. The fourth-order valence-corrected chi connectivity index (χ4v) is 1.76. The summed E-state index contributed by atoms with van der Waals surface area (Å²) in [5.41, 5.74) is 5.64. The number of nitrogens with one attached hydrogen (secondary N) is 2. The van der Waals surface area contributed by atoms with E-state index in [0.717, 1.165) is 0 Å². The Morgan fingerprint density at radius 3 is 2.52 bits per heavy atom. The maximum absolute atomic E-state index is 13.5. The first kappa shape index (κ1) is 18.5. The number of ether oxygens (including phenoxy) is 1. The molecule has 0 radical (unpaired) electrons. The SMILES string of the molecule is Cc1cc(F)c(N)c(NCC(NC(=O)OC(C)(C)C)C(=O)O)c1. The molecule has 0 bridgehead atoms. The van der Waals surface area contributed by atoms with Crippen LogP contribution in [0.2, 0.25) is 0 Å². The summed E-state index contributed by atoms with van der Waals surface area (Å²) >= 11 is 0. The molecule has 0 heterocycles. The molecule has 1 amide bonds. The van der Waals surface area contributed by atoms with Crippen molar-refractivity contribution in [1.29, 1.82) is 0 Å². The molecule has 128 valence electrons. The Hall–Kier alpha value is -2.51. The van der Waals surface area contributed by atoms with Gasteiger partial charge in [0.15, 0.2) is 0 Å². The van der Waals surface area contributed by atoms with Gasteiger partial charge in [-0.25, -0.2) is 14.0 Å². The van der Waals surface area contributed by atoms with E-state index in [0.29, 0.717) is 5.56 Å². The molecule has 7 nitrogen and oxygen atoms in total. The second-order valence-corrected chi connectivity index (χ2v) is 6.13. The predicted octanol–water partition coefficient (Wildman–Crippen LogP) is 2.11. The molecule has 0 saturated carbocycles. The number of nitrogen functional groups attached to an aromatic ring is 1. The Morgan fingerprint density at radius 2 is 2.00 bits per heavy atom. The number of alkyl carbamates (subject to hydrolysis) is 1. The number of rotatable bonds is 5. The van der Waals surface area contributed by atoms with Crippen molar-refractivity contribution in [2.45, 2.75) is 39.3 Å². The van der Waals surface area contributed by atoms with Gasteiger partial charge in [-0.3, -0.25) is 0 Å². The lowest BCUT2D eigenvalue weighted by atomic mass is 10.1. The number of carboxylic acid groups (broad SMARTS) is 1. The van der Waals surface area contributed by atoms with E-state index in [1.54, 1.807) is 33.8 Å². The highest BCUT2D eigenvalue weighted by molar-refractivity contribution is 5.81. The van der Waals surface area contributed by atoms with Gasteiger partial charge in [0, 0.05) is 6.54 Å². The van der Waals surface area contributed by atoms with Crippen molar-refractivity contribution in [1.82, 2.24) is 5.32 Å². The highest BCUT2D eigenvalue weighted by atomic mass is 19.1. The smallest absolute Gasteiger partial charge is 0.408 e. The molecule has 0 aliphatic rings. The van der Waals surface area contributed by atoms with Crippen LogP contribution in [-0.4, -0.2) is 35.4 Å². The molecule has 0 aliphatic heterocycles. The largest absolute Gasteiger partial charge is 0.480 e. The van der Waals surface area contributed by atoms with Crippen LogP contribution >= 0.6 is 0 Å². The van der Waals surface area contributed by atoms with Crippen molar-refractivity contribution in [3.63, 3.8) is 0 Å². The van der Waals surface area contributed by atoms with Gasteiger partial charge < -0.3 is 26.2 Å². The van der Waals surface area contributed by atoms with Gasteiger partial charge >= 0.3 is 12.1 Å². The number of halogens is 1. The molecular formula is C15H22FN3O4. The van der Waals surface area contributed by atoms with Crippen molar-refractivity contribution >= 4 is 23.4 Å². The van der Waals surface area contributed by atoms with Gasteiger partial charge in [0.1, 0.15) is 17.5 Å². The van der Waals surface area contributed by atoms with Crippen LogP contribution in [0.5, 0.6) is 0 Å². The van der Waals surface area contributed by atoms with E-state index in [1.807, 2.05) is 0 Å². The Balaban J connectivity index is 2.75. The minimum atomic E-state index is -1.26. The summed E-state index contributed by atoms with van der Waals surface area (Å²) in [6.07, 6.45) is -0.852. The van der Waals surface area contributed by atoms with Crippen molar-refractivity contribution in [3.05, 3.63) is 23.5 Å². The van der Waals surface area contributed by atoms with Crippen LogP contribution in [-0.2, 0) is 9.53 Å². The van der Waals surface area contributed by atoms with Gasteiger partial charge in [-0.2, -0.15) is 0 Å². The summed E-state index contributed by atoms with van der Waals surface area (Å²) in [7, 11) is 0. The summed E-state index contributed by atoms with van der Waals surface area (Å²) in [6, 6.07) is 1.60. The number of aliphatic carboxylic acids is 1. The van der Waals surface area contributed by atoms with E-state index in [2.05, 4.69) is 10.6 Å².